The molecule has 2 N–H and O–H groups in total. The first kappa shape index (κ1) is 15.8. The molecule has 1 amide bonds. The molecule has 2 unspecified atom stereocenters. The average molecular weight is 312 g/mol. The number of hydrogen-bond donors (Lipinski definition) is 1. The molecule has 0 aliphatic carbocycles. The number of sulfonamides is 1. The minimum atomic E-state index is -3.86. The van der Waals surface area contributed by atoms with Crippen molar-refractivity contribution < 1.29 is 17.9 Å². The zero-order valence-electron chi connectivity index (χ0n) is 12.4. The number of carbonyl (C=O) groups excluding carboxylic acids is 1. The quantitative estimate of drug-likeness (QED) is 0.904. The van der Waals surface area contributed by atoms with E-state index in [0.29, 0.717) is 30.7 Å². The second kappa shape index (κ2) is 5.65. The van der Waals surface area contributed by atoms with E-state index in [9.17, 15) is 13.2 Å². The smallest absolute Gasteiger partial charge is 0.257 e. The fourth-order valence-electron chi connectivity index (χ4n) is 2.50. The molecular weight excluding hydrogens is 292 g/mol. The van der Waals surface area contributed by atoms with Gasteiger partial charge in [0.25, 0.3) is 5.91 Å². The summed E-state index contributed by atoms with van der Waals surface area (Å²) in [6.07, 6.45) is 0. The molecule has 6 nitrogen and oxygen atoms in total. The van der Waals surface area contributed by atoms with Gasteiger partial charge in [-0.05, 0) is 30.0 Å². The van der Waals surface area contributed by atoms with Crippen LogP contribution in [0.15, 0.2) is 23.1 Å². The summed E-state index contributed by atoms with van der Waals surface area (Å²) in [6, 6.07) is 4.07. The van der Waals surface area contributed by atoms with E-state index in [1.807, 2.05) is 0 Å². The van der Waals surface area contributed by atoms with Crippen LogP contribution in [0, 0.1) is 11.8 Å². The Morgan fingerprint density at radius 1 is 1.29 bits per heavy atom. The fraction of sp³-hybridized carbons (Fsp3) is 0.500. The van der Waals surface area contributed by atoms with Gasteiger partial charge in [0.05, 0.1) is 17.6 Å². The van der Waals surface area contributed by atoms with Gasteiger partial charge in [0.2, 0.25) is 10.0 Å². The van der Waals surface area contributed by atoms with Gasteiger partial charge in [-0.2, -0.15) is 0 Å². The molecular formula is C14H20N2O4S. The second-order valence-electron chi connectivity index (χ2n) is 5.57. The van der Waals surface area contributed by atoms with Crippen LogP contribution in [0.4, 0.5) is 0 Å². The zero-order valence-corrected chi connectivity index (χ0v) is 13.2. The number of nitrogens with zero attached hydrogens (tertiary/aromatic N) is 1. The van der Waals surface area contributed by atoms with Crippen molar-refractivity contribution in [2.45, 2.75) is 18.7 Å². The molecule has 7 heteroatoms. The van der Waals surface area contributed by atoms with Crippen molar-refractivity contribution in [3.8, 4) is 5.75 Å². The number of methoxy groups -OCH3 is 1. The molecule has 1 heterocycles. The maximum absolute atomic E-state index is 12.6. The number of primary sulfonamides is 1. The van der Waals surface area contributed by atoms with Crippen LogP contribution < -0.4 is 9.88 Å². The molecule has 0 radical (unpaired) electrons. The first-order valence-electron chi connectivity index (χ1n) is 6.74. The summed E-state index contributed by atoms with van der Waals surface area (Å²) >= 11 is 0. The van der Waals surface area contributed by atoms with E-state index in [2.05, 4.69) is 13.8 Å². The monoisotopic (exact) mass is 312 g/mol. The van der Waals surface area contributed by atoms with E-state index in [4.69, 9.17) is 9.88 Å². The number of ether oxygens (including phenoxy) is 1. The third kappa shape index (κ3) is 3.19. The lowest BCUT2D eigenvalue weighted by Gasteiger charge is -2.18. The Bertz CT molecular complexity index is 647. The minimum Gasteiger partial charge on any atom is -0.496 e. The second-order valence-corrected chi connectivity index (χ2v) is 7.13. The van der Waals surface area contributed by atoms with Crippen LogP contribution in [-0.4, -0.2) is 39.4 Å². The van der Waals surface area contributed by atoms with E-state index >= 15 is 0 Å². The van der Waals surface area contributed by atoms with E-state index in [0.717, 1.165) is 0 Å². The number of carbonyl (C=O) groups is 1. The summed E-state index contributed by atoms with van der Waals surface area (Å²) in [5.74, 6) is 0.955. The lowest BCUT2D eigenvalue weighted by molar-refractivity contribution is 0.0781. The summed E-state index contributed by atoms with van der Waals surface area (Å²) < 4.78 is 28.1. The molecule has 1 aromatic rings. The van der Waals surface area contributed by atoms with Crippen molar-refractivity contribution in [1.29, 1.82) is 0 Å². The van der Waals surface area contributed by atoms with E-state index in [1.165, 1.54) is 25.3 Å². The van der Waals surface area contributed by atoms with Gasteiger partial charge >= 0.3 is 0 Å². The van der Waals surface area contributed by atoms with Crippen molar-refractivity contribution in [2.24, 2.45) is 17.0 Å². The van der Waals surface area contributed by atoms with Gasteiger partial charge in [0.1, 0.15) is 5.75 Å². The molecule has 1 saturated heterocycles. The molecule has 21 heavy (non-hydrogen) atoms. The third-order valence-electron chi connectivity index (χ3n) is 4.01. The van der Waals surface area contributed by atoms with Gasteiger partial charge < -0.3 is 9.64 Å². The van der Waals surface area contributed by atoms with Crippen molar-refractivity contribution in [2.75, 3.05) is 20.2 Å². The first-order chi connectivity index (χ1) is 9.74. The van der Waals surface area contributed by atoms with Crippen LogP contribution in [-0.2, 0) is 10.0 Å². The Morgan fingerprint density at radius 3 is 2.33 bits per heavy atom. The van der Waals surface area contributed by atoms with Crippen molar-refractivity contribution in [3.05, 3.63) is 23.8 Å². The molecule has 0 spiro atoms. The molecule has 116 valence electrons. The number of amides is 1. The summed E-state index contributed by atoms with van der Waals surface area (Å²) in [5.41, 5.74) is 0.227. The van der Waals surface area contributed by atoms with Crippen LogP contribution in [0.5, 0.6) is 5.75 Å². The number of rotatable bonds is 3. The van der Waals surface area contributed by atoms with Gasteiger partial charge in [0.15, 0.2) is 0 Å². The maximum Gasteiger partial charge on any atom is 0.257 e. The molecule has 0 aromatic heterocycles. The van der Waals surface area contributed by atoms with Gasteiger partial charge in [-0.25, -0.2) is 13.6 Å². The van der Waals surface area contributed by atoms with Crippen molar-refractivity contribution in [3.63, 3.8) is 0 Å². The molecule has 1 aliphatic rings. The fourth-order valence-corrected chi connectivity index (χ4v) is 3.04. The Kier molecular flexibility index (Phi) is 4.25. The maximum atomic E-state index is 12.6. The number of likely N-dealkylation sites (tertiary alicyclic amines) is 1. The predicted molar refractivity (Wildman–Crippen MR) is 78.6 cm³/mol. The van der Waals surface area contributed by atoms with Crippen LogP contribution in [0.1, 0.15) is 24.2 Å². The van der Waals surface area contributed by atoms with Gasteiger partial charge in [0, 0.05) is 13.1 Å². The Hall–Kier alpha value is -1.60. The summed E-state index contributed by atoms with van der Waals surface area (Å²) in [7, 11) is -2.41. The molecule has 0 saturated carbocycles. The van der Waals surface area contributed by atoms with Crippen molar-refractivity contribution >= 4 is 15.9 Å². The topological polar surface area (TPSA) is 89.7 Å². The average Bonchev–Trinajstić information content (AvgIpc) is 2.76. The zero-order chi connectivity index (χ0) is 15.8. The predicted octanol–water partition coefficient (Wildman–Crippen LogP) is 1.07. The molecule has 2 atom stereocenters. The van der Waals surface area contributed by atoms with Crippen LogP contribution in [0.2, 0.25) is 0 Å². The highest BCUT2D eigenvalue weighted by molar-refractivity contribution is 7.89. The molecule has 1 aromatic carbocycles. The number of benzene rings is 1. The number of nitrogens with two attached hydrogens (primary N) is 1. The normalized spacial score (nSPS) is 22.4. The number of hydrogen-bond acceptors (Lipinski definition) is 4. The van der Waals surface area contributed by atoms with Crippen LogP contribution in [0.3, 0.4) is 0 Å². The Labute approximate surface area is 124 Å². The summed E-state index contributed by atoms with van der Waals surface area (Å²) in [6.45, 7) is 5.50. The summed E-state index contributed by atoms with van der Waals surface area (Å²) in [4.78, 5) is 14.2. The molecule has 0 bridgehead atoms. The SMILES string of the molecule is COc1ccc(S(N)(=O)=O)cc1C(=O)N1CC(C)C(C)C1. The highest BCUT2D eigenvalue weighted by atomic mass is 32.2. The molecule has 2 rings (SSSR count). The Balaban J connectivity index is 2.40. The minimum absolute atomic E-state index is 0.0908. The van der Waals surface area contributed by atoms with Gasteiger partial charge in [-0.3, -0.25) is 4.79 Å². The lowest BCUT2D eigenvalue weighted by atomic mass is 10.0. The highest BCUT2D eigenvalue weighted by Crippen LogP contribution is 2.28. The van der Waals surface area contributed by atoms with Crippen LogP contribution >= 0.6 is 0 Å². The summed E-state index contributed by atoms with van der Waals surface area (Å²) in [5, 5.41) is 5.12. The lowest BCUT2D eigenvalue weighted by Crippen LogP contribution is -2.29. The molecule has 1 fully saturated rings. The highest BCUT2D eigenvalue weighted by Gasteiger charge is 2.31. The van der Waals surface area contributed by atoms with Gasteiger partial charge in [-0.15, -0.1) is 0 Å². The van der Waals surface area contributed by atoms with E-state index < -0.39 is 10.0 Å². The van der Waals surface area contributed by atoms with E-state index in [1.54, 1.807) is 4.90 Å². The van der Waals surface area contributed by atoms with Crippen LogP contribution in [0.25, 0.3) is 0 Å². The Morgan fingerprint density at radius 2 is 1.86 bits per heavy atom. The van der Waals surface area contributed by atoms with Crippen molar-refractivity contribution in [1.82, 2.24) is 4.90 Å². The largest absolute Gasteiger partial charge is 0.496 e. The van der Waals surface area contributed by atoms with E-state index in [-0.39, 0.29) is 16.4 Å². The third-order valence-corrected chi connectivity index (χ3v) is 4.92. The van der Waals surface area contributed by atoms with Gasteiger partial charge in [-0.1, -0.05) is 13.8 Å². The standard InChI is InChI=1S/C14H20N2O4S/c1-9-7-16(8-10(9)2)14(17)12-6-11(21(15,18)19)4-5-13(12)20-3/h4-6,9-10H,7-8H2,1-3H3,(H2,15,18,19). The first-order valence-corrected chi connectivity index (χ1v) is 8.28. The molecule has 1 aliphatic heterocycles.